The van der Waals surface area contributed by atoms with Gasteiger partial charge in [0.25, 0.3) is 0 Å². The average molecular weight is 931 g/mol. The normalized spacial score (nSPS) is 14.1. The van der Waals surface area contributed by atoms with Gasteiger partial charge in [0.15, 0.2) is 6.10 Å². The maximum absolute atomic E-state index is 12.7. The van der Waals surface area contributed by atoms with Gasteiger partial charge in [-0.2, -0.15) is 0 Å². The lowest BCUT2D eigenvalue weighted by Crippen LogP contribution is -2.37. The summed E-state index contributed by atoms with van der Waals surface area (Å²) >= 11 is 0. The fraction of sp³-hybridized carbons (Fsp3) is 0.709. The Morgan fingerprint density at radius 1 is 0.492 bits per heavy atom. The standard InChI is InChI=1S/C55H96NO8P/c1-6-8-10-12-14-16-18-20-22-24-26-27-28-29-30-32-34-36-38-40-42-44-46-48-55(58)64-53(52-63-65(59,60)62-50-49-56(3,4)5)51-61-54(57)47-45-43-41-39-37-35-33-31-25-23-21-19-17-15-13-11-9-7-2/h8,10,14,16,20,22,26-27,29-30,34,36,40,42,53H,6-7,9,11-13,15,17-19,21,23-25,28,31-33,35,37-39,41,43-52H2,1-5H3/p+1/b10-8-,16-14-,22-20-,27-26-,30-29-,36-34-,42-40-. The van der Waals surface area contributed by atoms with Crippen molar-refractivity contribution in [2.45, 2.75) is 206 Å². The van der Waals surface area contributed by atoms with Crippen LogP contribution in [0.1, 0.15) is 200 Å². The first-order chi connectivity index (χ1) is 31.5. The number of rotatable bonds is 46. The summed E-state index contributed by atoms with van der Waals surface area (Å²) < 4.78 is 34.4. The molecular formula is C55H97NO8P+. The lowest BCUT2D eigenvalue weighted by atomic mass is 10.0. The molecule has 2 unspecified atom stereocenters. The van der Waals surface area contributed by atoms with Crippen molar-refractivity contribution >= 4 is 19.8 Å². The van der Waals surface area contributed by atoms with Crippen molar-refractivity contribution < 1.29 is 42.1 Å². The molecule has 0 bridgehead atoms. The number of carbonyl (C=O) groups excluding carboxylic acids is 2. The molecule has 2 atom stereocenters. The molecule has 0 aromatic carbocycles. The number of esters is 2. The summed E-state index contributed by atoms with van der Waals surface area (Å²) in [5, 5.41) is 0. The lowest BCUT2D eigenvalue weighted by Gasteiger charge is -2.24. The highest BCUT2D eigenvalue weighted by Crippen LogP contribution is 2.43. The highest BCUT2D eigenvalue weighted by molar-refractivity contribution is 7.47. The van der Waals surface area contributed by atoms with E-state index in [2.05, 4.69) is 92.8 Å². The zero-order valence-corrected chi connectivity index (χ0v) is 43.1. The predicted octanol–water partition coefficient (Wildman–Crippen LogP) is 15.5. The van der Waals surface area contributed by atoms with Crippen molar-refractivity contribution in [3.8, 4) is 0 Å². The molecule has 0 saturated carbocycles. The molecule has 0 aliphatic carbocycles. The number of likely N-dealkylation sites (N-methyl/N-ethyl adjacent to an activating group) is 1. The number of carbonyl (C=O) groups is 2. The lowest BCUT2D eigenvalue weighted by molar-refractivity contribution is -0.870. The van der Waals surface area contributed by atoms with Crippen molar-refractivity contribution in [2.24, 2.45) is 0 Å². The molecule has 9 nitrogen and oxygen atoms in total. The number of phosphoric acid groups is 1. The Bertz CT molecular complexity index is 1380. The average Bonchev–Trinajstić information content (AvgIpc) is 3.26. The van der Waals surface area contributed by atoms with Crippen LogP contribution in [0.25, 0.3) is 0 Å². The summed E-state index contributed by atoms with van der Waals surface area (Å²) in [6.45, 7) is 4.25. The first kappa shape index (κ1) is 62.2. The molecular weight excluding hydrogens is 834 g/mol. The molecule has 1 N–H and O–H groups in total. The minimum absolute atomic E-state index is 0.0176. The van der Waals surface area contributed by atoms with E-state index in [0.717, 1.165) is 64.2 Å². The van der Waals surface area contributed by atoms with Crippen molar-refractivity contribution in [3.05, 3.63) is 85.1 Å². The fourth-order valence-electron chi connectivity index (χ4n) is 6.71. The van der Waals surface area contributed by atoms with Crippen LogP contribution < -0.4 is 0 Å². The van der Waals surface area contributed by atoms with Gasteiger partial charge < -0.3 is 18.9 Å². The summed E-state index contributed by atoms with van der Waals surface area (Å²) in [6, 6.07) is 0. The van der Waals surface area contributed by atoms with Crippen LogP contribution in [0.4, 0.5) is 0 Å². The molecule has 0 fully saturated rings. The number of quaternary nitrogens is 1. The van der Waals surface area contributed by atoms with Gasteiger partial charge in [0.05, 0.1) is 27.7 Å². The van der Waals surface area contributed by atoms with Gasteiger partial charge >= 0.3 is 19.8 Å². The molecule has 0 aromatic rings. The van der Waals surface area contributed by atoms with E-state index in [-0.39, 0.29) is 32.0 Å². The number of unbranched alkanes of at least 4 members (excludes halogenated alkanes) is 18. The van der Waals surface area contributed by atoms with E-state index >= 15 is 0 Å². The smallest absolute Gasteiger partial charge is 0.462 e. The van der Waals surface area contributed by atoms with Crippen molar-refractivity contribution in [1.82, 2.24) is 0 Å². The summed E-state index contributed by atoms with van der Waals surface area (Å²) in [5.41, 5.74) is 0. The number of hydrogen-bond donors (Lipinski definition) is 1. The molecule has 0 aliphatic rings. The topological polar surface area (TPSA) is 108 Å². The maximum Gasteiger partial charge on any atom is 0.472 e. The molecule has 0 radical (unpaired) electrons. The van der Waals surface area contributed by atoms with E-state index in [0.29, 0.717) is 23.9 Å². The van der Waals surface area contributed by atoms with Crippen molar-refractivity contribution in [3.63, 3.8) is 0 Å². The monoisotopic (exact) mass is 931 g/mol. The molecule has 10 heteroatoms. The van der Waals surface area contributed by atoms with Crippen LogP contribution >= 0.6 is 7.82 Å². The second kappa shape index (κ2) is 46.3. The first-order valence-electron chi connectivity index (χ1n) is 25.8. The Balaban J connectivity index is 4.38. The number of phosphoric ester groups is 1. The largest absolute Gasteiger partial charge is 0.472 e. The van der Waals surface area contributed by atoms with Gasteiger partial charge in [0, 0.05) is 12.8 Å². The van der Waals surface area contributed by atoms with Crippen LogP contribution in [0.15, 0.2) is 85.1 Å². The molecule has 0 amide bonds. The number of ether oxygens (including phenoxy) is 2. The zero-order chi connectivity index (χ0) is 47.8. The molecule has 65 heavy (non-hydrogen) atoms. The number of nitrogens with zero attached hydrogens (tertiary/aromatic N) is 1. The summed E-state index contributed by atoms with van der Waals surface area (Å²) in [6.07, 6.45) is 60.7. The van der Waals surface area contributed by atoms with E-state index in [1.807, 2.05) is 27.2 Å². The molecule has 0 spiro atoms. The Morgan fingerprint density at radius 3 is 1.29 bits per heavy atom. The van der Waals surface area contributed by atoms with E-state index < -0.39 is 26.5 Å². The molecule has 0 aliphatic heterocycles. The Hall–Kier alpha value is -2.81. The predicted molar refractivity (Wildman–Crippen MR) is 275 cm³/mol. The quantitative estimate of drug-likeness (QED) is 0.0211. The molecule has 374 valence electrons. The third-order valence-corrected chi connectivity index (χ3v) is 11.7. The molecule has 0 aromatic heterocycles. The van der Waals surface area contributed by atoms with Crippen LogP contribution in [-0.4, -0.2) is 74.9 Å². The Labute approximate surface area is 399 Å². The van der Waals surface area contributed by atoms with Gasteiger partial charge in [-0.15, -0.1) is 0 Å². The van der Waals surface area contributed by atoms with Crippen molar-refractivity contribution in [1.29, 1.82) is 0 Å². The number of allylic oxidation sites excluding steroid dienone is 14. The van der Waals surface area contributed by atoms with Gasteiger partial charge in [0.2, 0.25) is 0 Å². The van der Waals surface area contributed by atoms with Crippen LogP contribution in [0.2, 0.25) is 0 Å². The highest BCUT2D eigenvalue weighted by Gasteiger charge is 2.27. The third kappa shape index (κ3) is 50.4. The fourth-order valence-corrected chi connectivity index (χ4v) is 7.45. The molecule has 0 saturated heterocycles. The Kier molecular flexibility index (Phi) is 44.3. The van der Waals surface area contributed by atoms with Crippen LogP contribution in [0.3, 0.4) is 0 Å². The summed E-state index contributed by atoms with van der Waals surface area (Å²) in [5.74, 6) is -0.867. The van der Waals surface area contributed by atoms with E-state index in [4.69, 9.17) is 18.5 Å². The van der Waals surface area contributed by atoms with Crippen LogP contribution in [0, 0.1) is 0 Å². The van der Waals surface area contributed by atoms with Crippen LogP contribution in [0.5, 0.6) is 0 Å². The minimum Gasteiger partial charge on any atom is -0.462 e. The first-order valence-corrected chi connectivity index (χ1v) is 27.3. The second-order valence-electron chi connectivity index (χ2n) is 18.2. The van der Waals surface area contributed by atoms with E-state index in [1.54, 1.807) is 0 Å². The van der Waals surface area contributed by atoms with Crippen molar-refractivity contribution in [2.75, 3.05) is 47.5 Å². The van der Waals surface area contributed by atoms with Gasteiger partial charge in [0.1, 0.15) is 19.8 Å². The van der Waals surface area contributed by atoms with E-state index in [1.165, 1.54) is 96.3 Å². The molecule has 0 rings (SSSR count). The highest BCUT2D eigenvalue weighted by atomic mass is 31.2. The summed E-state index contributed by atoms with van der Waals surface area (Å²) in [4.78, 5) is 35.5. The maximum atomic E-state index is 12.7. The Morgan fingerprint density at radius 2 is 0.877 bits per heavy atom. The second-order valence-corrected chi connectivity index (χ2v) is 19.6. The van der Waals surface area contributed by atoms with Gasteiger partial charge in [-0.1, -0.05) is 208 Å². The minimum atomic E-state index is -4.40. The van der Waals surface area contributed by atoms with E-state index in [9.17, 15) is 19.0 Å². The third-order valence-electron chi connectivity index (χ3n) is 10.7. The SMILES string of the molecule is CC/C=C\C/C=C\C/C=C\C/C=C\C/C=C\C/C=C\C/C=C\CCCC(=O)OC(COC(=O)CCCCCCCCCCCCCCCCCCCC)COP(=O)(O)OCC[N+](C)(C)C. The van der Waals surface area contributed by atoms with Gasteiger partial charge in [-0.25, -0.2) is 4.57 Å². The zero-order valence-electron chi connectivity index (χ0n) is 42.2. The molecule has 0 heterocycles. The van der Waals surface area contributed by atoms with Gasteiger partial charge in [-0.3, -0.25) is 18.6 Å². The van der Waals surface area contributed by atoms with Crippen LogP contribution in [-0.2, 0) is 32.7 Å². The van der Waals surface area contributed by atoms with Gasteiger partial charge in [-0.05, 0) is 64.2 Å². The summed E-state index contributed by atoms with van der Waals surface area (Å²) in [7, 11) is 1.43. The number of hydrogen-bond acceptors (Lipinski definition) is 7.